The largest absolute Gasteiger partial charge is 0.371 e. The zero-order chi connectivity index (χ0) is 16.9. The quantitative estimate of drug-likeness (QED) is 0.812. The lowest BCUT2D eigenvalue weighted by molar-refractivity contribution is -0.126. The van der Waals surface area contributed by atoms with E-state index in [1.807, 2.05) is 30.3 Å². The molecule has 1 aromatic heterocycles. The van der Waals surface area contributed by atoms with Crippen molar-refractivity contribution in [1.29, 1.82) is 0 Å². The highest BCUT2D eigenvalue weighted by Gasteiger charge is 2.24. The first kappa shape index (κ1) is 16.3. The Morgan fingerprint density at radius 3 is 2.58 bits per heavy atom. The molecule has 0 atom stereocenters. The third-order valence-corrected chi connectivity index (χ3v) is 4.63. The molecule has 1 aliphatic rings. The molecule has 2 heterocycles. The fraction of sp³-hybridized carbons (Fsp3) is 0.368. The van der Waals surface area contributed by atoms with Crippen LogP contribution in [-0.4, -0.2) is 46.8 Å². The second-order valence-electron chi connectivity index (χ2n) is 6.28. The fourth-order valence-corrected chi connectivity index (χ4v) is 3.15. The number of anilines is 1. The molecule has 126 valence electrons. The number of carbonyl (C=O) groups is 1. The number of amides is 1. The molecule has 0 radical (unpaired) electrons. The summed E-state index contributed by atoms with van der Waals surface area (Å²) in [7, 11) is 4.01. The van der Waals surface area contributed by atoms with Gasteiger partial charge in [0.05, 0.1) is 6.20 Å². The van der Waals surface area contributed by atoms with Crippen LogP contribution in [0.25, 0.3) is 6.08 Å². The Hall–Kier alpha value is -2.56. The SMILES string of the molecule is CN(c1ccccc1)C1CCN(C(=O)/C=C\c2cnn(C)c2)CC1. The summed E-state index contributed by atoms with van der Waals surface area (Å²) in [4.78, 5) is 16.6. The molecule has 1 aromatic carbocycles. The van der Waals surface area contributed by atoms with E-state index < -0.39 is 0 Å². The number of benzene rings is 1. The number of piperidine rings is 1. The van der Waals surface area contributed by atoms with Crippen LogP contribution in [0.3, 0.4) is 0 Å². The highest BCUT2D eigenvalue weighted by Crippen LogP contribution is 2.22. The van der Waals surface area contributed by atoms with Crippen molar-refractivity contribution in [2.45, 2.75) is 18.9 Å². The summed E-state index contributed by atoms with van der Waals surface area (Å²) in [5, 5.41) is 4.10. The number of likely N-dealkylation sites (tertiary alicyclic amines) is 1. The van der Waals surface area contributed by atoms with Crippen molar-refractivity contribution < 1.29 is 4.79 Å². The molecule has 5 nitrogen and oxygen atoms in total. The smallest absolute Gasteiger partial charge is 0.246 e. The highest BCUT2D eigenvalue weighted by molar-refractivity contribution is 5.91. The van der Waals surface area contributed by atoms with Crippen LogP contribution < -0.4 is 4.90 Å². The molecule has 1 saturated heterocycles. The number of hydrogen-bond acceptors (Lipinski definition) is 3. The summed E-state index contributed by atoms with van der Waals surface area (Å²) >= 11 is 0. The van der Waals surface area contributed by atoms with Crippen LogP contribution in [0.1, 0.15) is 18.4 Å². The van der Waals surface area contributed by atoms with Crippen molar-refractivity contribution in [3.05, 3.63) is 54.4 Å². The molecule has 0 aliphatic carbocycles. The van der Waals surface area contributed by atoms with E-state index >= 15 is 0 Å². The number of nitrogens with zero attached hydrogens (tertiary/aromatic N) is 4. The second-order valence-corrected chi connectivity index (χ2v) is 6.28. The molecule has 0 N–H and O–H groups in total. The second kappa shape index (κ2) is 7.34. The number of rotatable bonds is 4. The first-order valence-electron chi connectivity index (χ1n) is 8.37. The summed E-state index contributed by atoms with van der Waals surface area (Å²) in [6, 6.07) is 10.9. The number of para-hydroxylation sites is 1. The normalized spacial score (nSPS) is 15.8. The summed E-state index contributed by atoms with van der Waals surface area (Å²) < 4.78 is 1.73. The maximum absolute atomic E-state index is 12.3. The van der Waals surface area contributed by atoms with Gasteiger partial charge in [-0.25, -0.2) is 0 Å². The Bertz CT molecular complexity index is 699. The standard InChI is InChI=1S/C19H24N4O/c1-21-15-16(14-20-21)8-9-19(24)23-12-10-18(11-13-23)22(2)17-6-4-3-5-7-17/h3-9,14-15,18H,10-13H2,1-2H3/b9-8-. The Morgan fingerprint density at radius 1 is 1.25 bits per heavy atom. The summed E-state index contributed by atoms with van der Waals surface area (Å²) in [5.41, 5.74) is 2.18. The first-order chi connectivity index (χ1) is 11.6. The fourth-order valence-electron chi connectivity index (χ4n) is 3.15. The molecule has 0 bridgehead atoms. The minimum atomic E-state index is 0.0830. The van der Waals surface area contributed by atoms with Crippen LogP contribution in [-0.2, 0) is 11.8 Å². The molecular weight excluding hydrogens is 300 g/mol. The Kier molecular flexibility index (Phi) is 4.99. The van der Waals surface area contributed by atoms with Gasteiger partial charge in [0.25, 0.3) is 0 Å². The summed E-state index contributed by atoms with van der Waals surface area (Å²) in [6.07, 6.45) is 9.13. The Balaban J connectivity index is 1.53. The molecule has 1 amide bonds. The van der Waals surface area contributed by atoms with Crippen LogP contribution in [0.4, 0.5) is 5.69 Å². The molecule has 5 heteroatoms. The van der Waals surface area contributed by atoms with Gasteiger partial charge in [0, 0.05) is 56.8 Å². The lowest BCUT2D eigenvalue weighted by Crippen LogP contribution is -2.45. The van der Waals surface area contributed by atoms with E-state index in [-0.39, 0.29) is 5.91 Å². The topological polar surface area (TPSA) is 41.4 Å². The van der Waals surface area contributed by atoms with E-state index in [1.165, 1.54) is 5.69 Å². The van der Waals surface area contributed by atoms with Crippen molar-refractivity contribution in [2.24, 2.45) is 7.05 Å². The van der Waals surface area contributed by atoms with Crippen LogP contribution in [0.2, 0.25) is 0 Å². The highest BCUT2D eigenvalue weighted by atomic mass is 16.2. The zero-order valence-electron chi connectivity index (χ0n) is 14.3. The molecule has 1 fully saturated rings. The van der Waals surface area contributed by atoms with Gasteiger partial charge in [0.15, 0.2) is 0 Å². The molecule has 2 aromatic rings. The predicted octanol–water partition coefficient (Wildman–Crippen LogP) is 2.56. The van der Waals surface area contributed by atoms with Crippen molar-refractivity contribution in [3.63, 3.8) is 0 Å². The third-order valence-electron chi connectivity index (χ3n) is 4.63. The minimum absolute atomic E-state index is 0.0830. The number of aromatic nitrogens is 2. The molecule has 24 heavy (non-hydrogen) atoms. The van der Waals surface area contributed by atoms with Gasteiger partial charge in [0.2, 0.25) is 5.91 Å². The predicted molar refractivity (Wildman–Crippen MR) is 96.7 cm³/mol. The van der Waals surface area contributed by atoms with Crippen LogP contribution >= 0.6 is 0 Å². The molecule has 0 spiro atoms. The maximum atomic E-state index is 12.3. The van der Waals surface area contributed by atoms with Crippen molar-refractivity contribution in [2.75, 3.05) is 25.0 Å². The van der Waals surface area contributed by atoms with Gasteiger partial charge in [0.1, 0.15) is 0 Å². The van der Waals surface area contributed by atoms with Gasteiger partial charge in [-0.1, -0.05) is 18.2 Å². The van der Waals surface area contributed by atoms with E-state index in [4.69, 9.17) is 0 Å². The lowest BCUT2D eigenvalue weighted by atomic mass is 10.0. The zero-order valence-corrected chi connectivity index (χ0v) is 14.3. The van der Waals surface area contributed by atoms with E-state index in [1.54, 1.807) is 17.0 Å². The molecular formula is C19H24N4O. The van der Waals surface area contributed by atoms with Crippen LogP contribution in [0.5, 0.6) is 0 Å². The number of aryl methyl sites for hydroxylation is 1. The Morgan fingerprint density at radius 2 is 1.96 bits per heavy atom. The molecule has 0 saturated carbocycles. The number of carbonyl (C=O) groups excluding carboxylic acids is 1. The molecule has 1 aliphatic heterocycles. The van der Waals surface area contributed by atoms with Crippen molar-refractivity contribution in [3.8, 4) is 0 Å². The van der Waals surface area contributed by atoms with E-state index in [0.717, 1.165) is 31.5 Å². The van der Waals surface area contributed by atoms with Crippen LogP contribution in [0.15, 0.2) is 48.8 Å². The van der Waals surface area contributed by atoms with Gasteiger partial charge in [-0.15, -0.1) is 0 Å². The van der Waals surface area contributed by atoms with Crippen molar-refractivity contribution in [1.82, 2.24) is 14.7 Å². The number of hydrogen-bond donors (Lipinski definition) is 0. The Labute approximate surface area is 143 Å². The lowest BCUT2D eigenvalue weighted by Gasteiger charge is -2.37. The molecule has 3 rings (SSSR count). The van der Waals surface area contributed by atoms with Gasteiger partial charge in [-0.05, 0) is 31.1 Å². The van der Waals surface area contributed by atoms with Gasteiger partial charge >= 0.3 is 0 Å². The minimum Gasteiger partial charge on any atom is -0.371 e. The molecule has 0 unspecified atom stereocenters. The first-order valence-corrected chi connectivity index (χ1v) is 8.37. The summed E-state index contributed by atoms with van der Waals surface area (Å²) in [6.45, 7) is 1.61. The average Bonchev–Trinajstić information content (AvgIpc) is 3.05. The van der Waals surface area contributed by atoms with Crippen LogP contribution in [0, 0.1) is 0 Å². The monoisotopic (exact) mass is 324 g/mol. The van der Waals surface area contributed by atoms with Gasteiger partial charge < -0.3 is 9.80 Å². The van der Waals surface area contributed by atoms with E-state index in [9.17, 15) is 4.79 Å². The van der Waals surface area contributed by atoms with Gasteiger partial charge in [-0.2, -0.15) is 5.10 Å². The van der Waals surface area contributed by atoms with Gasteiger partial charge in [-0.3, -0.25) is 9.48 Å². The average molecular weight is 324 g/mol. The third kappa shape index (κ3) is 3.85. The maximum Gasteiger partial charge on any atom is 0.246 e. The van der Waals surface area contributed by atoms with E-state index in [0.29, 0.717) is 6.04 Å². The summed E-state index contributed by atoms with van der Waals surface area (Å²) in [5.74, 6) is 0.0830. The van der Waals surface area contributed by atoms with Crippen molar-refractivity contribution >= 4 is 17.7 Å². The van der Waals surface area contributed by atoms with E-state index in [2.05, 4.69) is 41.3 Å².